The molecule has 9 N–H and O–H groups in total. The van der Waals surface area contributed by atoms with Crippen LogP contribution in [0, 0.1) is 0 Å². The number of guanidine groups is 2. The van der Waals surface area contributed by atoms with Crippen LogP contribution in [0.4, 0.5) is 0 Å². The summed E-state index contributed by atoms with van der Waals surface area (Å²) in [6.07, 6.45) is 1.60. The van der Waals surface area contributed by atoms with Crippen LogP contribution >= 0.6 is 0 Å². The zero-order valence-corrected chi connectivity index (χ0v) is 8.95. The standard InChI is InChI=1S/C8H21N7/c9-3-1-5-13-7(11)15-8(12)14-6-2-4-10/h1-6,9-10H2,(H5,11,12,13,14,15). The van der Waals surface area contributed by atoms with Gasteiger partial charge >= 0.3 is 0 Å². The predicted molar refractivity (Wildman–Crippen MR) is 63.5 cm³/mol. The Morgan fingerprint density at radius 1 is 0.867 bits per heavy atom. The third-order valence-electron chi connectivity index (χ3n) is 1.54. The molecule has 0 rings (SSSR count). The second kappa shape index (κ2) is 9.22. The van der Waals surface area contributed by atoms with Gasteiger partial charge < -0.3 is 22.9 Å². The SMILES string of the molecule is NCCCN=C(N)NC(N)=NCCCN. The highest BCUT2D eigenvalue weighted by molar-refractivity contribution is 5.96. The van der Waals surface area contributed by atoms with Crippen molar-refractivity contribution in [1.82, 2.24) is 5.32 Å². The van der Waals surface area contributed by atoms with Gasteiger partial charge in [0, 0.05) is 13.1 Å². The van der Waals surface area contributed by atoms with Crippen LogP contribution in [-0.2, 0) is 0 Å². The minimum atomic E-state index is 0.262. The molecule has 0 atom stereocenters. The molecule has 0 aromatic heterocycles. The van der Waals surface area contributed by atoms with E-state index < -0.39 is 0 Å². The maximum Gasteiger partial charge on any atom is 0.195 e. The van der Waals surface area contributed by atoms with Crippen molar-refractivity contribution >= 4 is 11.9 Å². The number of hydrogen-bond acceptors (Lipinski definition) is 4. The van der Waals surface area contributed by atoms with E-state index in [4.69, 9.17) is 22.9 Å². The fourth-order valence-corrected chi connectivity index (χ4v) is 0.792. The van der Waals surface area contributed by atoms with E-state index in [0.717, 1.165) is 12.8 Å². The lowest BCUT2D eigenvalue weighted by atomic mass is 10.4. The van der Waals surface area contributed by atoms with E-state index in [0.29, 0.717) is 26.2 Å². The number of nitrogens with zero attached hydrogens (tertiary/aromatic N) is 2. The van der Waals surface area contributed by atoms with Crippen molar-refractivity contribution in [2.75, 3.05) is 26.2 Å². The highest BCUT2D eigenvalue weighted by Crippen LogP contribution is 1.78. The molecule has 88 valence electrons. The fourth-order valence-electron chi connectivity index (χ4n) is 0.792. The lowest BCUT2D eigenvalue weighted by molar-refractivity contribution is 0.834. The van der Waals surface area contributed by atoms with Crippen LogP contribution in [0.15, 0.2) is 9.98 Å². The molecule has 0 heterocycles. The van der Waals surface area contributed by atoms with Gasteiger partial charge in [0.1, 0.15) is 0 Å². The first-order valence-electron chi connectivity index (χ1n) is 4.97. The molecule has 0 amide bonds. The van der Waals surface area contributed by atoms with Gasteiger partial charge in [-0.2, -0.15) is 0 Å². The summed E-state index contributed by atoms with van der Waals surface area (Å²) in [6.45, 7) is 2.37. The summed E-state index contributed by atoms with van der Waals surface area (Å²) < 4.78 is 0. The van der Waals surface area contributed by atoms with Gasteiger partial charge in [0.2, 0.25) is 0 Å². The summed E-state index contributed by atoms with van der Waals surface area (Å²) in [5.74, 6) is 0.523. The average Bonchev–Trinajstić information content (AvgIpc) is 2.18. The second-order valence-electron chi connectivity index (χ2n) is 2.94. The average molecular weight is 215 g/mol. The highest BCUT2D eigenvalue weighted by Gasteiger charge is 1.93. The Bertz CT molecular complexity index is 189. The molecule has 0 saturated carbocycles. The van der Waals surface area contributed by atoms with E-state index in [9.17, 15) is 0 Å². The van der Waals surface area contributed by atoms with Crippen LogP contribution in [0.3, 0.4) is 0 Å². The molecule has 0 spiro atoms. The van der Waals surface area contributed by atoms with Gasteiger partial charge in [0.05, 0.1) is 0 Å². The van der Waals surface area contributed by atoms with Gasteiger partial charge in [-0.15, -0.1) is 0 Å². The third-order valence-corrected chi connectivity index (χ3v) is 1.54. The quantitative estimate of drug-likeness (QED) is 0.196. The van der Waals surface area contributed by atoms with Crippen LogP contribution in [0.2, 0.25) is 0 Å². The lowest BCUT2D eigenvalue weighted by Gasteiger charge is -2.04. The van der Waals surface area contributed by atoms with Gasteiger partial charge in [0.15, 0.2) is 11.9 Å². The zero-order chi connectivity index (χ0) is 11.5. The summed E-state index contributed by atoms with van der Waals surface area (Å²) in [6, 6.07) is 0. The summed E-state index contributed by atoms with van der Waals surface area (Å²) in [5.41, 5.74) is 21.7. The van der Waals surface area contributed by atoms with E-state index >= 15 is 0 Å². The Kier molecular flexibility index (Phi) is 8.40. The molecule has 15 heavy (non-hydrogen) atoms. The molecule has 0 bridgehead atoms. The molecule has 0 radical (unpaired) electrons. The van der Waals surface area contributed by atoms with E-state index in [1.165, 1.54) is 0 Å². The van der Waals surface area contributed by atoms with Gasteiger partial charge in [0.25, 0.3) is 0 Å². The topological polar surface area (TPSA) is 141 Å². The van der Waals surface area contributed by atoms with E-state index in [2.05, 4.69) is 15.3 Å². The van der Waals surface area contributed by atoms with Gasteiger partial charge in [-0.1, -0.05) is 0 Å². The first kappa shape index (κ1) is 13.7. The van der Waals surface area contributed by atoms with E-state index in [-0.39, 0.29) is 11.9 Å². The maximum atomic E-state index is 5.53. The summed E-state index contributed by atoms with van der Waals surface area (Å²) >= 11 is 0. The second-order valence-corrected chi connectivity index (χ2v) is 2.94. The van der Waals surface area contributed by atoms with Gasteiger partial charge in [-0.3, -0.25) is 15.3 Å². The minimum Gasteiger partial charge on any atom is -0.370 e. The Morgan fingerprint density at radius 2 is 1.27 bits per heavy atom. The lowest BCUT2D eigenvalue weighted by Crippen LogP contribution is -2.41. The fraction of sp³-hybridized carbons (Fsp3) is 0.750. The molecule has 0 aromatic rings. The van der Waals surface area contributed by atoms with Crippen molar-refractivity contribution in [3.63, 3.8) is 0 Å². The van der Waals surface area contributed by atoms with Crippen molar-refractivity contribution in [2.24, 2.45) is 32.9 Å². The number of nitrogens with one attached hydrogen (secondary N) is 1. The molecule has 7 nitrogen and oxygen atoms in total. The number of aliphatic imine (C=N–C) groups is 2. The normalized spacial score (nSPS) is 12.9. The Labute approximate surface area is 90.0 Å². The molecule has 0 aliphatic heterocycles. The van der Waals surface area contributed by atoms with Crippen molar-refractivity contribution in [2.45, 2.75) is 12.8 Å². The van der Waals surface area contributed by atoms with Crippen LogP contribution in [-0.4, -0.2) is 38.1 Å². The number of nitrogens with two attached hydrogens (primary N) is 4. The summed E-state index contributed by atoms with van der Waals surface area (Å²) in [4.78, 5) is 8.00. The molecule has 0 saturated heterocycles. The van der Waals surface area contributed by atoms with Crippen LogP contribution in [0.1, 0.15) is 12.8 Å². The predicted octanol–water partition coefficient (Wildman–Crippen LogP) is -2.10. The van der Waals surface area contributed by atoms with E-state index in [1.807, 2.05) is 0 Å². The monoisotopic (exact) mass is 215 g/mol. The molecule has 0 fully saturated rings. The van der Waals surface area contributed by atoms with Crippen LogP contribution in [0.5, 0.6) is 0 Å². The number of rotatable bonds is 6. The van der Waals surface area contributed by atoms with Crippen molar-refractivity contribution in [3.8, 4) is 0 Å². The molecular weight excluding hydrogens is 194 g/mol. The third kappa shape index (κ3) is 8.98. The van der Waals surface area contributed by atoms with E-state index in [1.54, 1.807) is 0 Å². The largest absolute Gasteiger partial charge is 0.370 e. The van der Waals surface area contributed by atoms with Crippen molar-refractivity contribution < 1.29 is 0 Å². The molecular formula is C8H21N7. The highest BCUT2D eigenvalue weighted by atomic mass is 15.2. The molecule has 7 heteroatoms. The zero-order valence-electron chi connectivity index (χ0n) is 8.95. The Balaban J connectivity index is 3.78. The number of hydrogen-bond donors (Lipinski definition) is 5. The maximum absolute atomic E-state index is 5.53. The molecule has 0 aliphatic carbocycles. The summed E-state index contributed by atoms with van der Waals surface area (Å²) in [7, 11) is 0. The Hall–Kier alpha value is -1.34. The molecule has 0 aromatic carbocycles. The first-order chi connectivity index (χ1) is 7.20. The molecule has 0 aliphatic rings. The molecule has 0 unspecified atom stereocenters. The van der Waals surface area contributed by atoms with Gasteiger partial charge in [-0.05, 0) is 25.9 Å². The Morgan fingerprint density at radius 3 is 1.60 bits per heavy atom. The van der Waals surface area contributed by atoms with Crippen LogP contribution in [0.25, 0.3) is 0 Å². The smallest absolute Gasteiger partial charge is 0.195 e. The van der Waals surface area contributed by atoms with Crippen molar-refractivity contribution in [1.29, 1.82) is 0 Å². The van der Waals surface area contributed by atoms with Crippen LogP contribution < -0.4 is 28.3 Å². The van der Waals surface area contributed by atoms with Crippen molar-refractivity contribution in [3.05, 3.63) is 0 Å². The summed E-state index contributed by atoms with van der Waals surface area (Å²) in [5, 5.41) is 2.67. The minimum absolute atomic E-state index is 0.262. The van der Waals surface area contributed by atoms with Gasteiger partial charge in [-0.25, -0.2) is 0 Å². The first-order valence-corrected chi connectivity index (χ1v) is 4.97.